The van der Waals surface area contributed by atoms with Crippen molar-refractivity contribution in [3.63, 3.8) is 0 Å². The van der Waals surface area contributed by atoms with E-state index in [0.29, 0.717) is 0 Å². The first-order valence-corrected chi connectivity index (χ1v) is 9.21. The van der Waals surface area contributed by atoms with E-state index >= 15 is 0 Å². The predicted octanol–water partition coefficient (Wildman–Crippen LogP) is 6.75. The highest BCUT2D eigenvalue weighted by Crippen LogP contribution is 2.32. The lowest BCUT2D eigenvalue weighted by molar-refractivity contribution is 0.910. The molecule has 1 aliphatic rings. The Balaban J connectivity index is 2.17. The molecule has 24 heavy (non-hydrogen) atoms. The molecule has 0 saturated carbocycles. The molecule has 0 radical (unpaired) electrons. The molecule has 0 saturated heterocycles. The quantitative estimate of drug-likeness (QED) is 0.523. The fourth-order valence-corrected chi connectivity index (χ4v) is 3.36. The Morgan fingerprint density at radius 3 is 2.75 bits per heavy atom. The third kappa shape index (κ3) is 3.93. The normalized spacial score (nSPS) is 15.1. The van der Waals surface area contributed by atoms with Crippen molar-refractivity contribution in [1.29, 1.82) is 0 Å². The highest BCUT2D eigenvalue weighted by molar-refractivity contribution is 9.10. The summed E-state index contributed by atoms with van der Waals surface area (Å²) in [6.07, 6.45) is 9.88. The van der Waals surface area contributed by atoms with Crippen LogP contribution in [-0.2, 0) is 0 Å². The zero-order chi connectivity index (χ0) is 16.9. The first kappa shape index (κ1) is 16.9. The Labute approximate surface area is 153 Å². The molecule has 0 atom stereocenters. The average Bonchev–Trinajstić information content (AvgIpc) is 2.85. The van der Waals surface area contributed by atoms with Gasteiger partial charge in [-0.15, -0.1) is 0 Å². The molecule has 2 aromatic carbocycles. The van der Waals surface area contributed by atoms with E-state index in [1.54, 1.807) is 0 Å². The monoisotopic (exact) mass is 379 g/mol. The first-order valence-electron chi connectivity index (χ1n) is 8.42. The van der Waals surface area contributed by atoms with Crippen LogP contribution in [0.2, 0.25) is 0 Å². The van der Waals surface area contributed by atoms with Crippen molar-refractivity contribution < 1.29 is 0 Å². The summed E-state index contributed by atoms with van der Waals surface area (Å²) in [6.45, 7) is 4.36. The average molecular weight is 380 g/mol. The molecular weight excluding hydrogens is 358 g/mol. The van der Waals surface area contributed by atoms with Crippen molar-refractivity contribution in [2.45, 2.75) is 33.1 Å². The number of aryl methyl sites for hydroxylation is 1. The molecule has 122 valence electrons. The second-order valence-corrected chi connectivity index (χ2v) is 7.11. The van der Waals surface area contributed by atoms with Gasteiger partial charge in [-0.2, -0.15) is 0 Å². The summed E-state index contributed by atoms with van der Waals surface area (Å²) in [5, 5.41) is 0. The molecule has 0 amide bonds. The van der Waals surface area contributed by atoms with E-state index in [0.717, 1.165) is 23.0 Å². The lowest BCUT2D eigenvalue weighted by Crippen LogP contribution is -1.94. The number of rotatable bonds is 3. The Morgan fingerprint density at radius 1 is 1.08 bits per heavy atom. The number of hydrogen-bond donors (Lipinski definition) is 0. The van der Waals surface area contributed by atoms with Crippen molar-refractivity contribution in [3.8, 4) is 0 Å². The van der Waals surface area contributed by atoms with Gasteiger partial charge in [0.15, 0.2) is 0 Å². The van der Waals surface area contributed by atoms with Gasteiger partial charge in [0.2, 0.25) is 0 Å². The fourth-order valence-electron chi connectivity index (χ4n) is 2.94. The van der Waals surface area contributed by atoms with Crippen LogP contribution in [0.1, 0.15) is 41.5 Å². The molecule has 0 bridgehead atoms. The van der Waals surface area contributed by atoms with Crippen molar-refractivity contribution in [2.75, 3.05) is 0 Å². The molecule has 2 aromatic rings. The molecule has 1 nitrogen and oxygen atoms in total. The van der Waals surface area contributed by atoms with E-state index in [9.17, 15) is 0 Å². The summed E-state index contributed by atoms with van der Waals surface area (Å²) in [4.78, 5) is 4.75. The molecule has 0 N–H and O–H groups in total. The fraction of sp³-hybridized carbons (Fsp3) is 0.227. The number of benzene rings is 2. The summed E-state index contributed by atoms with van der Waals surface area (Å²) >= 11 is 3.57. The molecule has 3 rings (SSSR count). The number of allylic oxidation sites excluding steroid dienone is 2. The van der Waals surface area contributed by atoms with Crippen molar-refractivity contribution in [3.05, 3.63) is 81.0 Å². The molecule has 0 aliphatic carbocycles. The SMILES string of the molecule is Cc1cccc(/C(=C/c2cccc(Br)c2)C2=CCCCC=N2)c1C. The highest BCUT2D eigenvalue weighted by Gasteiger charge is 2.12. The molecule has 0 aromatic heterocycles. The minimum Gasteiger partial charge on any atom is -0.261 e. The van der Waals surface area contributed by atoms with Crippen LogP contribution in [0.25, 0.3) is 11.6 Å². The van der Waals surface area contributed by atoms with Crippen LogP contribution < -0.4 is 0 Å². The largest absolute Gasteiger partial charge is 0.261 e. The Bertz CT molecular complexity index is 828. The number of halogens is 1. The maximum atomic E-state index is 4.75. The van der Waals surface area contributed by atoms with E-state index in [-0.39, 0.29) is 0 Å². The molecule has 0 unspecified atom stereocenters. The lowest BCUT2D eigenvalue weighted by Gasteiger charge is -2.14. The summed E-state index contributed by atoms with van der Waals surface area (Å²) < 4.78 is 1.09. The minimum absolute atomic E-state index is 1.05. The van der Waals surface area contributed by atoms with Crippen LogP contribution in [0.5, 0.6) is 0 Å². The molecule has 1 aliphatic heterocycles. The van der Waals surface area contributed by atoms with Crippen LogP contribution in [0.4, 0.5) is 0 Å². The number of hydrogen-bond acceptors (Lipinski definition) is 1. The van der Waals surface area contributed by atoms with E-state index < -0.39 is 0 Å². The zero-order valence-electron chi connectivity index (χ0n) is 14.2. The number of aliphatic imine (C=N–C) groups is 1. The second-order valence-electron chi connectivity index (χ2n) is 6.19. The van der Waals surface area contributed by atoms with Crippen molar-refractivity contribution in [1.82, 2.24) is 0 Å². The van der Waals surface area contributed by atoms with Crippen LogP contribution in [-0.4, -0.2) is 6.21 Å². The van der Waals surface area contributed by atoms with Gasteiger partial charge in [-0.05, 0) is 73.6 Å². The van der Waals surface area contributed by atoms with Gasteiger partial charge in [-0.25, -0.2) is 0 Å². The van der Waals surface area contributed by atoms with Crippen LogP contribution in [0.15, 0.2) is 63.7 Å². The second kappa shape index (κ2) is 7.76. The van der Waals surface area contributed by atoms with E-state index in [2.05, 4.69) is 90.6 Å². The summed E-state index contributed by atoms with van der Waals surface area (Å²) in [7, 11) is 0. The van der Waals surface area contributed by atoms with Gasteiger partial charge in [-0.1, -0.05) is 52.3 Å². The van der Waals surface area contributed by atoms with Gasteiger partial charge in [-0.3, -0.25) is 4.99 Å². The molecule has 0 spiro atoms. The van der Waals surface area contributed by atoms with Gasteiger partial charge >= 0.3 is 0 Å². The first-order chi connectivity index (χ1) is 11.6. The van der Waals surface area contributed by atoms with Crippen LogP contribution in [0.3, 0.4) is 0 Å². The van der Waals surface area contributed by atoms with Gasteiger partial charge in [0.05, 0.1) is 5.70 Å². The van der Waals surface area contributed by atoms with Crippen molar-refractivity contribution >= 4 is 33.8 Å². The van der Waals surface area contributed by atoms with Gasteiger partial charge in [0, 0.05) is 16.3 Å². The topological polar surface area (TPSA) is 12.4 Å². The van der Waals surface area contributed by atoms with E-state index in [1.807, 2.05) is 0 Å². The molecule has 0 fully saturated rings. The van der Waals surface area contributed by atoms with Gasteiger partial charge in [0.1, 0.15) is 0 Å². The maximum Gasteiger partial charge on any atom is 0.0664 e. The zero-order valence-corrected chi connectivity index (χ0v) is 15.8. The van der Waals surface area contributed by atoms with Crippen LogP contribution in [0, 0.1) is 13.8 Å². The highest BCUT2D eigenvalue weighted by atomic mass is 79.9. The molecular formula is C22H22BrN. The predicted molar refractivity (Wildman–Crippen MR) is 108 cm³/mol. The standard InChI is InChI=1S/C22H22BrN/c1-16-8-6-11-20(17(16)2)21(22-12-4-3-5-13-24-22)15-18-9-7-10-19(23)14-18/h6-15H,3-5H2,1-2H3/b21-15-. The van der Waals surface area contributed by atoms with E-state index in [1.165, 1.54) is 34.2 Å². The van der Waals surface area contributed by atoms with Gasteiger partial charge in [0.25, 0.3) is 0 Å². The third-order valence-corrected chi connectivity index (χ3v) is 4.93. The summed E-state index contributed by atoms with van der Waals surface area (Å²) in [5.41, 5.74) is 7.36. The lowest BCUT2D eigenvalue weighted by atomic mass is 9.93. The summed E-state index contributed by atoms with van der Waals surface area (Å²) in [6, 6.07) is 14.9. The van der Waals surface area contributed by atoms with Crippen molar-refractivity contribution in [2.24, 2.45) is 4.99 Å². The van der Waals surface area contributed by atoms with Crippen LogP contribution >= 0.6 is 15.9 Å². The van der Waals surface area contributed by atoms with E-state index in [4.69, 9.17) is 4.99 Å². The minimum atomic E-state index is 1.05. The molecule has 1 heterocycles. The number of nitrogens with zero attached hydrogens (tertiary/aromatic N) is 1. The maximum absolute atomic E-state index is 4.75. The third-order valence-electron chi connectivity index (χ3n) is 4.44. The smallest absolute Gasteiger partial charge is 0.0664 e. The summed E-state index contributed by atoms with van der Waals surface area (Å²) in [5.74, 6) is 0. The Morgan fingerprint density at radius 2 is 1.92 bits per heavy atom. The Kier molecular flexibility index (Phi) is 5.47. The Hall–Kier alpha value is -1.93. The molecule has 2 heteroatoms. The van der Waals surface area contributed by atoms with Gasteiger partial charge < -0.3 is 0 Å².